The minimum atomic E-state index is -2.56. The summed E-state index contributed by atoms with van der Waals surface area (Å²) in [5, 5.41) is 2.74. The van der Waals surface area contributed by atoms with E-state index in [0.717, 1.165) is 30.7 Å². The van der Waals surface area contributed by atoms with Crippen molar-refractivity contribution >= 4 is 17.5 Å². The van der Waals surface area contributed by atoms with Gasteiger partial charge in [0.15, 0.2) is 23.2 Å². The quantitative estimate of drug-likeness (QED) is 0.563. The molecule has 1 amide bonds. The Bertz CT molecular complexity index is 1120. The Morgan fingerprint density at radius 1 is 1.14 bits per heavy atom. The molecule has 5 rings (SSSR count). The first-order valence-corrected chi connectivity index (χ1v) is 12.4. The van der Waals surface area contributed by atoms with E-state index in [1.165, 1.54) is 6.07 Å². The van der Waals surface area contributed by atoms with Crippen LogP contribution < -0.4 is 15.0 Å². The Balaban J connectivity index is 1.33. The predicted octanol–water partition coefficient (Wildman–Crippen LogP) is 4.34. The van der Waals surface area contributed by atoms with Crippen LogP contribution in [0.4, 0.5) is 29.2 Å². The third-order valence-corrected chi connectivity index (χ3v) is 7.00. The lowest BCUT2D eigenvalue weighted by atomic mass is 10.0. The largest absolute Gasteiger partial charge is 0.487 e. The monoisotopic (exact) mass is 507 g/mol. The second-order valence-electron chi connectivity index (χ2n) is 9.61. The van der Waals surface area contributed by atoms with Crippen LogP contribution in [0.15, 0.2) is 18.2 Å². The molecule has 1 saturated heterocycles. The second-order valence-corrected chi connectivity index (χ2v) is 9.61. The third-order valence-electron chi connectivity index (χ3n) is 7.00. The zero-order valence-electron chi connectivity index (χ0n) is 20.0. The van der Waals surface area contributed by atoms with E-state index in [2.05, 4.69) is 5.32 Å². The Morgan fingerprint density at radius 2 is 1.89 bits per heavy atom. The number of benzene rings is 1. The van der Waals surface area contributed by atoms with Gasteiger partial charge in [-0.3, -0.25) is 4.79 Å². The van der Waals surface area contributed by atoms with Crippen LogP contribution in [0.2, 0.25) is 0 Å². The molecule has 1 aromatic heterocycles. The number of rotatable bonds is 7. The van der Waals surface area contributed by atoms with Crippen LogP contribution in [0.3, 0.4) is 0 Å². The topological polar surface area (TPSA) is 70.6 Å². The van der Waals surface area contributed by atoms with Gasteiger partial charge in [0.2, 0.25) is 5.91 Å². The van der Waals surface area contributed by atoms with E-state index in [0.29, 0.717) is 50.4 Å². The first kappa shape index (κ1) is 24.6. The highest BCUT2D eigenvalue weighted by molar-refractivity contribution is 5.81. The molecule has 2 aliphatic heterocycles. The molecule has 1 atom stereocenters. The van der Waals surface area contributed by atoms with Gasteiger partial charge in [0, 0.05) is 50.9 Å². The molecule has 11 heteroatoms. The summed E-state index contributed by atoms with van der Waals surface area (Å²) >= 11 is 0. The maximum Gasteiger partial charge on any atom is 0.255 e. The average molecular weight is 508 g/mol. The molecular formula is C25H29F4N5O2. The van der Waals surface area contributed by atoms with E-state index in [1.807, 2.05) is 16.7 Å². The van der Waals surface area contributed by atoms with Gasteiger partial charge in [-0.15, -0.1) is 0 Å². The van der Waals surface area contributed by atoms with E-state index in [9.17, 15) is 22.4 Å². The summed E-state index contributed by atoms with van der Waals surface area (Å²) in [4.78, 5) is 26.0. The van der Waals surface area contributed by atoms with Crippen molar-refractivity contribution in [2.45, 2.75) is 57.6 Å². The van der Waals surface area contributed by atoms with Gasteiger partial charge in [-0.05, 0) is 31.9 Å². The van der Waals surface area contributed by atoms with Crippen molar-refractivity contribution in [2.24, 2.45) is 5.92 Å². The van der Waals surface area contributed by atoms with E-state index < -0.39 is 24.6 Å². The molecule has 36 heavy (non-hydrogen) atoms. The number of amides is 1. The number of alkyl halides is 2. The molecule has 194 valence electrons. The van der Waals surface area contributed by atoms with Gasteiger partial charge in [0.25, 0.3) is 6.43 Å². The van der Waals surface area contributed by atoms with Crippen LogP contribution in [-0.2, 0) is 11.2 Å². The number of aromatic nitrogens is 2. The Labute approximate surface area is 206 Å². The van der Waals surface area contributed by atoms with Gasteiger partial charge in [-0.1, -0.05) is 0 Å². The number of carbonyl (C=O) groups excluding carboxylic acids is 1. The molecule has 0 radical (unpaired) electrons. The SMILES string of the molecule is CC1c2nc(NCC(F)F)c(N3CCC(Oc4ccc(F)cc4F)CC3)nc2CCN1C(=O)C1CC1. The van der Waals surface area contributed by atoms with Crippen LogP contribution in [0.25, 0.3) is 0 Å². The lowest BCUT2D eigenvalue weighted by Gasteiger charge is -2.37. The highest BCUT2D eigenvalue weighted by atomic mass is 19.3. The van der Waals surface area contributed by atoms with E-state index in [1.54, 1.807) is 0 Å². The van der Waals surface area contributed by atoms with Crippen molar-refractivity contribution < 1.29 is 27.1 Å². The van der Waals surface area contributed by atoms with Crippen molar-refractivity contribution in [3.8, 4) is 5.75 Å². The molecular weight excluding hydrogens is 478 g/mol. The van der Waals surface area contributed by atoms with Crippen molar-refractivity contribution in [3.05, 3.63) is 41.2 Å². The van der Waals surface area contributed by atoms with Gasteiger partial charge in [-0.2, -0.15) is 0 Å². The summed E-state index contributed by atoms with van der Waals surface area (Å²) in [5.74, 6) is -0.438. The summed E-state index contributed by atoms with van der Waals surface area (Å²) in [6.45, 7) is 2.91. The van der Waals surface area contributed by atoms with Crippen LogP contribution in [0.5, 0.6) is 5.75 Å². The molecule has 2 fully saturated rings. The number of carbonyl (C=O) groups is 1. The standard InChI is InChI=1S/C25H29F4N5O2/c1-14-22-19(8-11-34(14)25(35)15-2-3-15)31-24(23(32-22)30-13-21(28)29)33-9-6-17(7-10-33)36-20-5-4-16(26)12-18(20)27/h4-5,12,14-15,17,21H,2-3,6-11,13H2,1H3,(H,30,32). The molecule has 1 aromatic carbocycles. The molecule has 0 spiro atoms. The van der Waals surface area contributed by atoms with Crippen LogP contribution in [-0.4, -0.2) is 59.5 Å². The molecule has 1 unspecified atom stereocenters. The molecule has 3 aliphatic rings. The molecule has 1 saturated carbocycles. The Kier molecular flexibility index (Phi) is 6.90. The third kappa shape index (κ3) is 5.19. The molecule has 3 heterocycles. The summed E-state index contributed by atoms with van der Waals surface area (Å²) in [7, 11) is 0. The van der Waals surface area contributed by atoms with Crippen LogP contribution >= 0.6 is 0 Å². The van der Waals surface area contributed by atoms with E-state index >= 15 is 0 Å². The van der Waals surface area contributed by atoms with Crippen molar-refractivity contribution in [2.75, 3.05) is 36.4 Å². The average Bonchev–Trinajstić information content (AvgIpc) is 3.70. The van der Waals surface area contributed by atoms with Gasteiger partial charge in [0.1, 0.15) is 11.9 Å². The van der Waals surface area contributed by atoms with Gasteiger partial charge >= 0.3 is 0 Å². The Hall–Kier alpha value is -3.11. The minimum absolute atomic E-state index is 0.00185. The number of anilines is 2. The van der Waals surface area contributed by atoms with Crippen LogP contribution in [0.1, 0.15) is 50.0 Å². The predicted molar refractivity (Wildman–Crippen MR) is 125 cm³/mol. The zero-order valence-corrected chi connectivity index (χ0v) is 20.0. The van der Waals surface area contributed by atoms with Gasteiger partial charge in [-0.25, -0.2) is 27.5 Å². The number of halogens is 4. The first-order chi connectivity index (χ1) is 17.3. The fourth-order valence-corrected chi connectivity index (χ4v) is 4.87. The summed E-state index contributed by atoms with van der Waals surface area (Å²) in [6, 6.07) is 2.93. The molecule has 7 nitrogen and oxygen atoms in total. The number of hydrogen-bond donors (Lipinski definition) is 1. The van der Waals surface area contributed by atoms with E-state index in [4.69, 9.17) is 14.7 Å². The van der Waals surface area contributed by atoms with Crippen LogP contribution in [0, 0.1) is 17.6 Å². The van der Waals surface area contributed by atoms with Gasteiger partial charge < -0.3 is 19.9 Å². The maximum atomic E-state index is 14.0. The molecule has 0 bridgehead atoms. The van der Waals surface area contributed by atoms with E-state index in [-0.39, 0.29) is 35.5 Å². The number of fused-ring (bicyclic) bond motifs is 1. The number of hydrogen-bond acceptors (Lipinski definition) is 6. The Morgan fingerprint density at radius 3 is 2.56 bits per heavy atom. The summed E-state index contributed by atoms with van der Waals surface area (Å²) < 4.78 is 59.0. The fourth-order valence-electron chi connectivity index (χ4n) is 4.87. The fraction of sp³-hybridized carbons (Fsp3) is 0.560. The number of nitrogens with one attached hydrogen (secondary N) is 1. The summed E-state index contributed by atoms with van der Waals surface area (Å²) in [6.07, 6.45) is 0.629. The second kappa shape index (κ2) is 10.1. The minimum Gasteiger partial charge on any atom is -0.487 e. The highest BCUT2D eigenvalue weighted by Crippen LogP contribution is 2.38. The highest BCUT2D eigenvalue weighted by Gasteiger charge is 2.39. The lowest BCUT2D eigenvalue weighted by Crippen LogP contribution is -2.42. The summed E-state index contributed by atoms with van der Waals surface area (Å²) in [5.41, 5.74) is 1.41. The first-order valence-electron chi connectivity index (χ1n) is 12.4. The number of piperidine rings is 1. The van der Waals surface area contributed by atoms with Gasteiger partial charge in [0.05, 0.1) is 24.0 Å². The lowest BCUT2D eigenvalue weighted by molar-refractivity contribution is -0.135. The van der Waals surface area contributed by atoms with Crippen molar-refractivity contribution in [1.29, 1.82) is 0 Å². The normalized spacial score (nSPS) is 20.4. The zero-order chi connectivity index (χ0) is 25.4. The molecule has 2 aromatic rings. The maximum absolute atomic E-state index is 14.0. The van der Waals surface area contributed by atoms with Crippen molar-refractivity contribution in [1.82, 2.24) is 14.9 Å². The number of nitrogens with zero attached hydrogens (tertiary/aromatic N) is 4. The number of ether oxygens (including phenoxy) is 1. The van der Waals surface area contributed by atoms with Crippen molar-refractivity contribution in [3.63, 3.8) is 0 Å². The smallest absolute Gasteiger partial charge is 0.255 e. The molecule has 1 N–H and O–H groups in total. The molecule has 1 aliphatic carbocycles.